The van der Waals surface area contributed by atoms with E-state index in [1.54, 1.807) is 0 Å². The highest BCUT2D eigenvalue weighted by Crippen LogP contribution is 2.25. The fraction of sp³-hybridized carbons (Fsp3) is 0.0769. The van der Waals surface area contributed by atoms with Crippen LogP contribution in [0, 0.1) is 0 Å². The molecule has 0 bridgehead atoms. The standard InChI is InChI=1S/C24H18N6.C2H7N/c1-3-7-19(8-4-1)25-27-21-11-15-23(16-12-21)29-30-24-17-13-22(14-18-24)28-26-20-9-5-2-6-10-20;1-3-2/h1-18H;3H,1-2H3. The Kier molecular flexibility index (Phi) is 9.28. The fourth-order valence-corrected chi connectivity index (χ4v) is 2.51. The number of hydrogen-bond acceptors (Lipinski definition) is 7. The van der Waals surface area contributed by atoms with Gasteiger partial charge in [-0.15, -0.1) is 0 Å². The van der Waals surface area contributed by atoms with Crippen LogP contribution in [-0.4, -0.2) is 14.1 Å². The van der Waals surface area contributed by atoms with E-state index in [1.807, 2.05) is 123 Å². The van der Waals surface area contributed by atoms with Gasteiger partial charge in [-0.25, -0.2) is 0 Å². The van der Waals surface area contributed by atoms with E-state index in [0.717, 1.165) is 34.1 Å². The molecule has 0 radical (unpaired) electrons. The first-order chi connectivity index (χ1) is 16.3. The third-order valence-electron chi connectivity index (χ3n) is 4.05. The number of benzene rings is 4. The minimum absolute atomic E-state index is 0.738. The van der Waals surface area contributed by atoms with Gasteiger partial charge in [-0.05, 0) is 86.9 Å². The minimum atomic E-state index is 0.738. The van der Waals surface area contributed by atoms with Crippen molar-refractivity contribution in [3.8, 4) is 0 Å². The third kappa shape index (κ3) is 8.35. The monoisotopic (exact) mass is 435 g/mol. The van der Waals surface area contributed by atoms with E-state index in [9.17, 15) is 0 Å². The Morgan fingerprint density at radius 2 is 0.515 bits per heavy atom. The van der Waals surface area contributed by atoms with Crippen LogP contribution in [0.5, 0.6) is 0 Å². The van der Waals surface area contributed by atoms with Gasteiger partial charge in [0, 0.05) is 0 Å². The van der Waals surface area contributed by atoms with Crippen LogP contribution in [0.1, 0.15) is 0 Å². The molecule has 7 heteroatoms. The van der Waals surface area contributed by atoms with Crippen molar-refractivity contribution in [1.82, 2.24) is 5.32 Å². The van der Waals surface area contributed by atoms with E-state index in [0.29, 0.717) is 0 Å². The average Bonchev–Trinajstić information content (AvgIpc) is 2.88. The first-order valence-corrected chi connectivity index (χ1v) is 10.4. The van der Waals surface area contributed by atoms with Gasteiger partial charge in [0.2, 0.25) is 0 Å². The normalized spacial score (nSPS) is 11.1. The fourth-order valence-electron chi connectivity index (χ4n) is 2.51. The van der Waals surface area contributed by atoms with E-state index in [4.69, 9.17) is 0 Å². The molecule has 0 aromatic heterocycles. The van der Waals surface area contributed by atoms with Gasteiger partial charge in [0.15, 0.2) is 0 Å². The summed E-state index contributed by atoms with van der Waals surface area (Å²) in [5.41, 5.74) is 4.61. The van der Waals surface area contributed by atoms with Gasteiger partial charge in [-0.1, -0.05) is 36.4 Å². The van der Waals surface area contributed by atoms with E-state index in [-0.39, 0.29) is 0 Å². The van der Waals surface area contributed by atoms with Crippen molar-refractivity contribution in [3.63, 3.8) is 0 Å². The van der Waals surface area contributed by atoms with Crippen LogP contribution < -0.4 is 5.32 Å². The van der Waals surface area contributed by atoms with Gasteiger partial charge < -0.3 is 5.32 Å². The van der Waals surface area contributed by atoms with Gasteiger partial charge in [-0.2, -0.15) is 30.7 Å². The van der Waals surface area contributed by atoms with Crippen LogP contribution in [0.15, 0.2) is 140 Å². The second-order valence-electron chi connectivity index (χ2n) is 6.80. The molecular formula is C26H25N7. The van der Waals surface area contributed by atoms with Crippen molar-refractivity contribution < 1.29 is 0 Å². The summed E-state index contributed by atoms with van der Waals surface area (Å²) in [7, 11) is 3.75. The van der Waals surface area contributed by atoms with Crippen LogP contribution in [0.3, 0.4) is 0 Å². The zero-order chi connectivity index (χ0) is 23.1. The summed E-state index contributed by atoms with van der Waals surface area (Å²) >= 11 is 0. The molecule has 164 valence electrons. The highest BCUT2D eigenvalue weighted by molar-refractivity contribution is 5.50. The average molecular weight is 436 g/mol. The lowest BCUT2D eigenvalue weighted by Crippen LogP contribution is -1.89. The van der Waals surface area contributed by atoms with Crippen LogP contribution in [0.4, 0.5) is 34.1 Å². The number of azo groups is 3. The maximum atomic E-state index is 4.26. The van der Waals surface area contributed by atoms with Crippen LogP contribution in [-0.2, 0) is 0 Å². The van der Waals surface area contributed by atoms with E-state index in [2.05, 4.69) is 36.0 Å². The molecular weight excluding hydrogens is 410 g/mol. The Morgan fingerprint density at radius 3 is 0.727 bits per heavy atom. The Labute approximate surface area is 193 Å². The lowest BCUT2D eigenvalue weighted by atomic mass is 10.3. The molecule has 1 N–H and O–H groups in total. The molecule has 0 saturated heterocycles. The molecule has 4 aromatic carbocycles. The van der Waals surface area contributed by atoms with E-state index < -0.39 is 0 Å². The molecule has 33 heavy (non-hydrogen) atoms. The second-order valence-corrected chi connectivity index (χ2v) is 6.80. The molecule has 0 atom stereocenters. The summed E-state index contributed by atoms with van der Waals surface area (Å²) in [6.45, 7) is 0. The topological polar surface area (TPSA) is 86.2 Å². The Morgan fingerprint density at radius 1 is 0.333 bits per heavy atom. The van der Waals surface area contributed by atoms with Crippen molar-refractivity contribution in [1.29, 1.82) is 0 Å². The van der Waals surface area contributed by atoms with Gasteiger partial charge in [0.05, 0.1) is 34.1 Å². The summed E-state index contributed by atoms with van der Waals surface area (Å²) in [6.07, 6.45) is 0. The van der Waals surface area contributed by atoms with Crippen molar-refractivity contribution in [3.05, 3.63) is 109 Å². The highest BCUT2D eigenvalue weighted by Gasteiger charge is 1.95. The predicted octanol–water partition coefficient (Wildman–Crippen LogP) is 8.77. The van der Waals surface area contributed by atoms with Gasteiger partial charge in [-0.3, -0.25) is 0 Å². The molecule has 7 nitrogen and oxygen atoms in total. The van der Waals surface area contributed by atoms with Crippen molar-refractivity contribution in [2.24, 2.45) is 30.7 Å². The molecule has 0 aliphatic carbocycles. The Balaban J connectivity index is 0.000000968. The Bertz CT molecular complexity index is 1070. The van der Waals surface area contributed by atoms with Gasteiger partial charge in [0.1, 0.15) is 0 Å². The minimum Gasteiger partial charge on any atom is -0.323 e. The molecule has 0 heterocycles. The molecule has 4 aromatic rings. The summed E-state index contributed by atoms with van der Waals surface area (Å²) in [4.78, 5) is 0. The second kappa shape index (κ2) is 13.1. The smallest absolute Gasteiger partial charge is 0.0858 e. The molecule has 0 fully saturated rings. The summed E-state index contributed by atoms with van der Waals surface area (Å²) in [5.74, 6) is 0. The van der Waals surface area contributed by atoms with Crippen LogP contribution in [0.25, 0.3) is 0 Å². The van der Waals surface area contributed by atoms with Gasteiger partial charge >= 0.3 is 0 Å². The van der Waals surface area contributed by atoms with Crippen molar-refractivity contribution in [2.45, 2.75) is 0 Å². The number of hydrogen-bond donors (Lipinski definition) is 1. The number of rotatable bonds is 6. The maximum Gasteiger partial charge on any atom is 0.0858 e. The van der Waals surface area contributed by atoms with Crippen LogP contribution in [0.2, 0.25) is 0 Å². The summed E-state index contributed by atoms with van der Waals surface area (Å²) in [6, 6.07) is 34.0. The molecule has 0 amide bonds. The summed E-state index contributed by atoms with van der Waals surface area (Å²) < 4.78 is 0. The zero-order valence-corrected chi connectivity index (χ0v) is 18.6. The zero-order valence-electron chi connectivity index (χ0n) is 18.6. The quantitative estimate of drug-likeness (QED) is 0.301. The maximum absolute atomic E-state index is 4.26. The number of nitrogens with one attached hydrogen (secondary N) is 1. The SMILES string of the molecule is CNC.c1ccc(N=Nc2ccc(N=Nc3ccc(N=Nc4ccccc4)cc3)cc2)cc1. The van der Waals surface area contributed by atoms with Crippen molar-refractivity contribution >= 4 is 34.1 Å². The lowest BCUT2D eigenvalue weighted by molar-refractivity contribution is 1.02. The first-order valence-electron chi connectivity index (χ1n) is 10.4. The highest BCUT2D eigenvalue weighted by atomic mass is 15.1. The largest absolute Gasteiger partial charge is 0.323 e. The Hall–Kier alpha value is -4.36. The summed E-state index contributed by atoms with van der Waals surface area (Å²) in [5, 5.41) is 28.1. The third-order valence-corrected chi connectivity index (χ3v) is 4.05. The van der Waals surface area contributed by atoms with Crippen molar-refractivity contribution in [2.75, 3.05) is 14.1 Å². The lowest BCUT2D eigenvalue weighted by Gasteiger charge is -1.96. The molecule has 0 saturated carbocycles. The molecule has 4 rings (SSSR count). The molecule has 0 aliphatic heterocycles. The predicted molar refractivity (Wildman–Crippen MR) is 133 cm³/mol. The molecule has 0 aliphatic rings. The molecule has 0 spiro atoms. The molecule has 0 unspecified atom stereocenters. The first kappa shape index (κ1) is 23.3. The van der Waals surface area contributed by atoms with E-state index in [1.165, 1.54) is 0 Å². The van der Waals surface area contributed by atoms with Crippen LogP contribution >= 0.6 is 0 Å². The number of nitrogens with zero attached hydrogens (tertiary/aromatic N) is 6. The van der Waals surface area contributed by atoms with E-state index >= 15 is 0 Å². The van der Waals surface area contributed by atoms with Gasteiger partial charge in [0.25, 0.3) is 0 Å².